The molecule has 0 radical (unpaired) electrons. The largest absolute Gasteiger partial charge is 0.396 e. The van der Waals surface area contributed by atoms with E-state index in [1.165, 1.54) is 19.3 Å². The summed E-state index contributed by atoms with van der Waals surface area (Å²) in [5, 5.41) is 4.01. The molecular weight excluding hydrogens is 208 g/mol. The van der Waals surface area contributed by atoms with Crippen LogP contribution in [0.2, 0.25) is 5.02 Å². The molecular formula is C12H17ClN2. The first-order chi connectivity index (χ1) is 7.11. The van der Waals surface area contributed by atoms with Crippen molar-refractivity contribution in [3.63, 3.8) is 0 Å². The average molecular weight is 225 g/mol. The van der Waals surface area contributed by atoms with Crippen LogP contribution < -0.4 is 11.1 Å². The molecule has 0 heterocycles. The lowest BCUT2D eigenvalue weighted by Crippen LogP contribution is -2.33. The number of hydrogen-bond donors (Lipinski definition) is 2. The summed E-state index contributed by atoms with van der Waals surface area (Å²) in [5.41, 5.74) is 7.94. The lowest BCUT2D eigenvalue weighted by Gasteiger charge is -2.38. The van der Waals surface area contributed by atoms with Crippen molar-refractivity contribution in [2.45, 2.75) is 26.2 Å². The monoisotopic (exact) mass is 224 g/mol. The minimum atomic E-state index is 0.453. The number of anilines is 2. The van der Waals surface area contributed by atoms with Crippen LogP contribution >= 0.6 is 11.6 Å². The van der Waals surface area contributed by atoms with Gasteiger partial charge in [0.2, 0.25) is 0 Å². The molecule has 1 aromatic carbocycles. The summed E-state index contributed by atoms with van der Waals surface area (Å²) >= 11 is 5.95. The van der Waals surface area contributed by atoms with E-state index < -0.39 is 0 Å². The van der Waals surface area contributed by atoms with Crippen LogP contribution in [0.3, 0.4) is 0 Å². The van der Waals surface area contributed by atoms with Crippen molar-refractivity contribution in [1.82, 2.24) is 0 Å². The molecule has 1 fully saturated rings. The zero-order valence-corrected chi connectivity index (χ0v) is 9.77. The third kappa shape index (κ3) is 2.20. The van der Waals surface area contributed by atoms with Crippen molar-refractivity contribution in [2.24, 2.45) is 5.41 Å². The molecule has 3 heteroatoms. The van der Waals surface area contributed by atoms with Crippen molar-refractivity contribution in [2.75, 3.05) is 17.6 Å². The number of halogens is 1. The van der Waals surface area contributed by atoms with Gasteiger partial charge in [-0.2, -0.15) is 0 Å². The molecule has 0 amide bonds. The fourth-order valence-corrected chi connectivity index (χ4v) is 2.13. The first kappa shape index (κ1) is 10.6. The van der Waals surface area contributed by atoms with E-state index in [4.69, 9.17) is 17.3 Å². The van der Waals surface area contributed by atoms with E-state index >= 15 is 0 Å². The number of nitrogen functional groups attached to an aromatic ring is 1. The van der Waals surface area contributed by atoms with Gasteiger partial charge >= 0.3 is 0 Å². The maximum absolute atomic E-state index is 5.95. The van der Waals surface area contributed by atoms with Gasteiger partial charge in [0.25, 0.3) is 0 Å². The summed E-state index contributed by atoms with van der Waals surface area (Å²) in [7, 11) is 0. The predicted molar refractivity (Wildman–Crippen MR) is 66.3 cm³/mol. The van der Waals surface area contributed by atoms with Crippen LogP contribution in [0, 0.1) is 5.41 Å². The van der Waals surface area contributed by atoms with Crippen LogP contribution in [0.1, 0.15) is 26.2 Å². The quantitative estimate of drug-likeness (QED) is 0.771. The third-order valence-corrected chi connectivity index (χ3v) is 3.65. The van der Waals surface area contributed by atoms with Crippen molar-refractivity contribution < 1.29 is 0 Å². The van der Waals surface area contributed by atoms with Crippen molar-refractivity contribution in [3.8, 4) is 0 Å². The smallest absolute Gasteiger partial charge is 0.0739 e. The highest BCUT2D eigenvalue weighted by atomic mass is 35.5. The summed E-state index contributed by atoms with van der Waals surface area (Å²) in [4.78, 5) is 0. The molecule has 0 bridgehead atoms. The Hall–Kier alpha value is -0.890. The van der Waals surface area contributed by atoms with Gasteiger partial charge < -0.3 is 11.1 Å². The van der Waals surface area contributed by atoms with Gasteiger partial charge in [-0.3, -0.25) is 0 Å². The second kappa shape index (κ2) is 3.93. The van der Waals surface area contributed by atoms with E-state index in [1.54, 1.807) is 0 Å². The summed E-state index contributed by atoms with van der Waals surface area (Å²) in [5.74, 6) is 0. The number of benzene rings is 1. The number of nitrogens with one attached hydrogen (secondary N) is 1. The van der Waals surface area contributed by atoms with Gasteiger partial charge in [0, 0.05) is 6.54 Å². The Morgan fingerprint density at radius 2 is 2.20 bits per heavy atom. The van der Waals surface area contributed by atoms with E-state index in [0.29, 0.717) is 16.1 Å². The van der Waals surface area contributed by atoms with Gasteiger partial charge in [-0.25, -0.2) is 0 Å². The van der Waals surface area contributed by atoms with Gasteiger partial charge in [0.15, 0.2) is 0 Å². The molecule has 82 valence electrons. The zero-order chi connectivity index (χ0) is 10.9. The lowest BCUT2D eigenvalue weighted by molar-refractivity contribution is 0.180. The highest BCUT2D eigenvalue weighted by molar-refractivity contribution is 6.33. The molecule has 1 saturated carbocycles. The van der Waals surface area contributed by atoms with Crippen LogP contribution in [-0.2, 0) is 0 Å². The molecule has 15 heavy (non-hydrogen) atoms. The molecule has 0 unspecified atom stereocenters. The van der Waals surface area contributed by atoms with Crippen LogP contribution in [0.4, 0.5) is 11.4 Å². The second-order valence-corrected chi connectivity index (χ2v) is 5.13. The molecule has 1 aliphatic carbocycles. The fourth-order valence-electron chi connectivity index (χ4n) is 1.96. The maximum Gasteiger partial charge on any atom is 0.0739 e. The second-order valence-electron chi connectivity index (χ2n) is 4.72. The van der Waals surface area contributed by atoms with Gasteiger partial charge in [-0.15, -0.1) is 0 Å². The topological polar surface area (TPSA) is 38.0 Å². The standard InChI is InChI=1S/C12H17ClN2/c1-12(6-3-7-12)8-15-10-5-2-4-9(13)11(10)14/h2,4-5,15H,3,6-8,14H2,1H3. The van der Waals surface area contributed by atoms with Crippen LogP contribution in [0.15, 0.2) is 18.2 Å². The number of nitrogens with two attached hydrogens (primary N) is 1. The Bertz CT molecular complexity index is 359. The van der Waals surface area contributed by atoms with E-state index in [2.05, 4.69) is 12.2 Å². The molecule has 0 saturated heterocycles. The lowest BCUT2D eigenvalue weighted by atomic mass is 9.70. The molecule has 3 N–H and O–H groups in total. The maximum atomic E-state index is 5.95. The normalized spacial score (nSPS) is 18.3. The van der Waals surface area contributed by atoms with Crippen LogP contribution in [-0.4, -0.2) is 6.54 Å². The molecule has 2 nitrogen and oxygen atoms in total. The fraction of sp³-hybridized carbons (Fsp3) is 0.500. The summed E-state index contributed by atoms with van der Waals surface area (Å²) < 4.78 is 0. The zero-order valence-electron chi connectivity index (χ0n) is 9.02. The molecule has 0 aromatic heterocycles. The Labute approximate surface area is 95.8 Å². The van der Waals surface area contributed by atoms with E-state index in [1.807, 2.05) is 18.2 Å². The van der Waals surface area contributed by atoms with Crippen molar-refractivity contribution in [3.05, 3.63) is 23.2 Å². The van der Waals surface area contributed by atoms with E-state index in [0.717, 1.165) is 12.2 Å². The molecule has 0 spiro atoms. The van der Waals surface area contributed by atoms with Gasteiger partial charge in [-0.1, -0.05) is 31.0 Å². The predicted octanol–water partition coefficient (Wildman–Crippen LogP) is 3.52. The van der Waals surface area contributed by atoms with Crippen LogP contribution in [0.5, 0.6) is 0 Å². The van der Waals surface area contributed by atoms with Crippen molar-refractivity contribution >= 4 is 23.0 Å². The highest BCUT2D eigenvalue weighted by Gasteiger charge is 2.31. The first-order valence-electron chi connectivity index (χ1n) is 5.39. The molecule has 0 atom stereocenters. The van der Waals surface area contributed by atoms with E-state index in [-0.39, 0.29) is 0 Å². The van der Waals surface area contributed by atoms with Crippen LogP contribution in [0.25, 0.3) is 0 Å². The molecule has 1 aliphatic rings. The van der Waals surface area contributed by atoms with Crippen molar-refractivity contribution in [1.29, 1.82) is 0 Å². The van der Waals surface area contributed by atoms with Gasteiger partial charge in [-0.05, 0) is 30.4 Å². The minimum Gasteiger partial charge on any atom is -0.396 e. The molecule has 1 aromatic rings. The first-order valence-corrected chi connectivity index (χ1v) is 5.76. The number of para-hydroxylation sites is 1. The number of hydrogen-bond acceptors (Lipinski definition) is 2. The molecule has 2 rings (SSSR count). The molecule has 0 aliphatic heterocycles. The summed E-state index contributed by atoms with van der Waals surface area (Å²) in [6.45, 7) is 3.29. The Morgan fingerprint density at radius 3 is 2.80 bits per heavy atom. The van der Waals surface area contributed by atoms with E-state index in [9.17, 15) is 0 Å². The Balaban J connectivity index is 2.01. The minimum absolute atomic E-state index is 0.453. The van der Waals surface area contributed by atoms with Gasteiger partial charge in [0.1, 0.15) is 0 Å². The summed E-state index contributed by atoms with van der Waals surface area (Å²) in [6.07, 6.45) is 3.96. The number of rotatable bonds is 3. The Kier molecular flexibility index (Phi) is 2.79. The van der Waals surface area contributed by atoms with Gasteiger partial charge in [0.05, 0.1) is 16.4 Å². The average Bonchev–Trinajstić information content (AvgIpc) is 2.17. The SMILES string of the molecule is CC1(CNc2cccc(Cl)c2N)CCC1. The highest BCUT2D eigenvalue weighted by Crippen LogP contribution is 2.40. The third-order valence-electron chi connectivity index (χ3n) is 3.32. The summed E-state index contributed by atoms with van der Waals surface area (Å²) in [6, 6.07) is 5.71. The Morgan fingerprint density at radius 1 is 1.47 bits per heavy atom.